The van der Waals surface area contributed by atoms with Gasteiger partial charge in [0.1, 0.15) is 0 Å². The lowest BCUT2D eigenvalue weighted by molar-refractivity contribution is 0.0601. The highest BCUT2D eigenvalue weighted by Crippen LogP contribution is 2.16. The van der Waals surface area contributed by atoms with Crippen LogP contribution in [0.2, 0.25) is 0 Å². The van der Waals surface area contributed by atoms with Crippen LogP contribution in [-0.4, -0.2) is 21.5 Å². The number of hydrogen-bond acceptors (Lipinski definition) is 5. The van der Waals surface area contributed by atoms with E-state index in [9.17, 15) is 13.2 Å². The van der Waals surface area contributed by atoms with Gasteiger partial charge in [-0.3, -0.25) is 0 Å². The van der Waals surface area contributed by atoms with Crippen LogP contribution in [-0.2, 0) is 14.8 Å². The molecule has 0 aromatic heterocycles. The molecule has 0 aliphatic heterocycles. The van der Waals surface area contributed by atoms with E-state index in [1.54, 1.807) is 36.4 Å². The molecule has 0 atom stereocenters. The van der Waals surface area contributed by atoms with Gasteiger partial charge >= 0.3 is 5.97 Å². The fraction of sp³-hybridized carbons (Fsp3) is 0.0714. The van der Waals surface area contributed by atoms with E-state index in [4.69, 9.17) is 0 Å². The molecular formula is C14H14N2O4S. The number of ether oxygens (including phenoxy) is 1. The number of methoxy groups -OCH3 is 1. The third-order valence-electron chi connectivity index (χ3n) is 2.71. The van der Waals surface area contributed by atoms with Crippen molar-refractivity contribution in [1.82, 2.24) is 4.83 Å². The second-order valence-electron chi connectivity index (χ2n) is 4.08. The van der Waals surface area contributed by atoms with Gasteiger partial charge in [-0.1, -0.05) is 30.3 Å². The Morgan fingerprint density at radius 1 is 1.00 bits per heavy atom. The summed E-state index contributed by atoms with van der Waals surface area (Å²) >= 11 is 0. The van der Waals surface area contributed by atoms with Crippen molar-refractivity contribution in [3.8, 4) is 0 Å². The Kier molecular flexibility index (Phi) is 4.56. The van der Waals surface area contributed by atoms with Crippen LogP contribution < -0.4 is 10.3 Å². The van der Waals surface area contributed by atoms with Gasteiger partial charge in [0, 0.05) is 0 Å². The normalized spacial score (nSPS) is 10.9. The standard InChI is InChI=1S/C14H14N2O4S/c1-20-14(17)12-9-5-6-10-13(12)15-16-21(18,19)11-7-3-2-4-8-11/h2-10,15-16H,1H3. The fourth-order valence-electron chi connectivity index (χ4n) is 1.66. The Morgan fingerprint density at radius 3 is 2.29 bits per heavy atom. The molecule has 2 aromatic carbocycles. The first kappa shape index (κ1) is 15.0. The van der Waals surface area contributed by atoms with Gasteiger partial charge in [-0.2, -0.15) is 0 Å². The molecule has 0 saturated heterocycles. The minimum atomic E-state index is -3.72. The fourth-order valence-corrected chi connectivity index (χ4v) is 2.54. The van der Waals surface area contributed by atoms with Crippen LogP contribution in [0, 0.1) is 0 Å². The molecule has 21 heavy (non-hydrogen) atoms. The second kappa shape index (κ2) is 6.38. The first-order valence-electron chi connectivity index (χ1n) is 6.05. The maximum atomic E-state index is 12.1. The summed E-state index contributed by atoms with van der Waals surface area (Å²) in [5.74, 6) is -0.558. The van der Waals surface area contributed by atoms with E-state index in [-0.39, 0.29) is 10.5 Å². The van der Waals surface area contributed by atoms with Gasteiger partial charge in [0.05, 0.1) is 23.3 Å². The van der Waals surface area contributed by atoms with Crippen molar-refractivity contribution < 1.29 is 17.9 Å². The smallest absolute Gasteiger partial charge is 0.340 e. The van der Waals surface area contributed by atoms with Crippen molar-refractivity contribution in [3.63, 3.8) is 0 Å². The number of benzene rings is 2. The first-order chi connectivity index (χ1) is 10.0. The molecule has 110 valence electrons. The summed E-state index contributed by atoms with van der Waals surface area (Å²) < 4.78 is 28.8. The molecule has 0 aliphatic rings. The van der Waals surface area contributed by atoms with Gasteiger partial charge in [0.25, 0.3) is 10.0 Å². The van der Waals surface area contributed by atoms with Gasteiger partial charge in [0.15, 0.2) is 0 Å². The largest absolute Gasteiger partial charge is 0.465 e. The molecule has 2 aromatic rings. The predicted octanol–water partition coefficient (Wildman–Crippen LogP) is 1.78. The van der Waals surface area contributed by atoms with Crippen molar-refractivity contribution in [3.05, 3.63) is 60.2 Å². The summed E-state index contributed by atoms with van der Waals surface area (Å²) in [5, 5.41) is 0. The molecule has 7 heteroatoms. The number of esters is 1. The van der Waals surface area contributed by atoms with Crippen LogP contribution >= 0.6 is 0 Å². The zero-order valence-corrected chi connectivity index (χ0v) is 12.1. The predicted molar refractivity (Wildman–Crippen MR) is 78.2 cm³/mol. The molecule has 0 heterocycles. The van der Waals surface area contributed by atoms with Crippen molar-refractivity contribution >= 4 is 21.7 Å². The Bertz CT molecular complexity index is 730. The topological polar surface area (TPSA) is 84.5 Å². The Morgan fingerprint density at radius 2 is 1.62 bits per heavy atom. The van der Waals surface area contributed by atoms with Gasteiger partial charge in [0.2, 0.25) is 0 Å². The zero-order chi connectivity index (χ0) is 15.3. The van der Waals surface area contributed by atoms with Gasteiger partial charge in [-0.25, -0.2) is 13.2 Å². The number of rotatable bonds is 5. The average molecular weight is 306 g/mol. The maximum absolute atomic E-state index is 12.1. The van der Waals surface area contributed by atoms with Gasteiger partial charge < -0.3 is 10.2 Å². The number of para-hydroxylation sites is 1. The van der Waals surface area contributed by atoms with Crippen LogP contribution in [0.4, 0.5) is 5.69 Å². The van der Waals surface area contributed by atoms with Crippen LogP contribution in [0.1, 0.15) is 10.4 Å². The second-order valence-corrected chi connectivity index (χ2v) is 5.76. The number of hydrogen-bond donors (Lipinski definition) is 2. The Balaban J connectivity index is 2.19. The first-order valence-corrected chi connectivity index (χ1v) is 7.53. The van der Waals surface area contributed by atoms with Crippen molar-refractivity contribution in [2.75, 3.05) is 12.5 Å². The lowest BCUT2D eigenvalue weighted by Crippen LogP contribution is -2.30. The van der Waals surface area contributed by atoms with Crippen LogP contribution in [0.3, 0.4) is 0 Å². The summed E-state index contributed by atoms with van der Waals surface area (Å²) in [6.45, 7) is 0. The summed E-state index contributed by atoms with van der Waals surface area (Å²) in [4.78, 5) is 13.9. The highest BCUT2D eigenvalue weighted by Gasteiger charge is 2.15. The molecule has 6 nitrogen and oxygen atoms in total. The summed E-state index contributed by atoms with van der Waals surface area (Å²) in [6.07, 6.45) is 0. The van der Waals surface area contributed by atoms with Crippen molar-refractivity contribution in [1.29, 1.82) is 0 Å². The maximum Gasteiger partial charge on any atom is 0.340 e. The highest BCUT2D eigenvalue weighted by molar-refractivity contribution is 7.89. The molecule has 0 radical (unpaired) electrons. The third kappa shape index (κ3) is 3.59. The number of nitrogens with one attached hydrogen (secondary N) is 2. The van der Waals surface area contributed by atoms with Crippen LogP contribution in [0.25, 0.3) is 0 Å². The number of carbonyl (C=O) groups is 1. The van der Waals surface area contributed by atoms with E-state index in [1.165, 1.54) is 25.3 Å². The lowest BCUT2D eigenvalue weighted by atomic mass is 10.2. The van der Waals surface area contributed by atoms with Crippen LogP contribution in [0.15, 0.2) is 59.5 Å². The van der Waals surface area contributed by atoms with E-state index in [1.807, 2.05) is 0 Å². The van der Waals surface area contributed by atoms with Crippen molar-refractivity contribution in [2.24, 2.45) is 0 Å². The molecular weight excluding hydrogens is 292 g/mol. The Labute approximate surface area is 122 Å². The quantitative estimate of drug-likeness (QED) is 0.650. The zero-order valence-electron chi connectivity index (χ0n) is 11.2. The molecule has 0 saturated carbocycles. The number of sulfonamides is 1. The third-order valence-corrected chi connectivity index (χ3v) is 3.97. The molecule has 2 N–H and O–H groups in total. The number of carbonyl (C=O) groups excluding carboxylic acids is 1. The highest BCUT2D eigenvalue weighted by atomic mass is 32.2. The average Bonchev–Trinajstić information content (AvgIpc) is 2.53. The molecule has 0 fully saturated rings. The van der Waals surface area contributed by atoms with Gasteiger partial charge in [-0.15, -0.1) is 4.83 Å². The lowest BCUT2D eigenvalue weighted by Gasteiger charge is -2.12. The number of anilines is 1. The Hall–Kier alpha value is -2.38. The van der Waals surface area contributed by atoms with E-state index in [0.717, 1.165) is 0 Å². The molecule has 0 amide bonds. The van der Waals surface area contributed by atoms with E-state index < -0.39 is 16.0 Å². The molecule has 0 aliphatic carbocycles. The summed E-state index contributed by atoms with van der Waals surface area (Å²) in [5.41, 5.74) is 3.07. The van der Waals surface area contributed by atoms with E-state index in [0.29, 0.717) is 5.69 Å². The van der Waals surface area contributed by atoms with Gasteiger partial charge in [-0.05, 0) is 24.3 Å². The molecule has 0 spiro atoms. The minimum absolute atomic E-state index is 0.119. The summed E-state index contributed by atoms with van der Waals surface area (Å²) in [6, 6.07) is 14.3. The van der Waals surface area contributed by atoms with Crippen molar-refractivity contribution in [2.45, 2.75) is 4.90 Å². The molecule has 2 rings (SSSR count). The minimum Gasteiger partial charge on any atom is -0.465 e. The van der Waals surface area contributed by atoms with Crippen LogP contribution in [0.5, 0.6) is 0 Å². The van der Waals surface area contributed by atoms with E-state index in [2.05, 4.69) is 15.0 Å². The number of hydrazine groups is 1. The van der Waals surface area contributed by atoms with E-state index >= 15 is 0 Å². The SMILES string of the molecule is COC(=O)c1ccccc1NNS(=O)(=O)c1ccccc1. The summed E-state index contributed by atoms with van der Waals surface area (Å²) in [7, 11) is -2.46. The molecule has 0 unspecified atom stereocenters. The molecule has 0 bridgehead atoms. The monoisotopic (exact) mass is 306 g/mol.